The first kappa shape index (κ1) is 15.9. The second-order valence-electron chi connectivity index (χ2n) is 6.03. The van der Waals surface area contributed by atoms with E-state index in [1.165, 1.54) is 0 Å². The predicted molar refractivity (Wildman–Crippen MR) is 86.8 cm³/mol. The number of furan rings is 1. The lowest BCUT2D eigenvalue weighted by Crippen LogP contribution is -2.38. The van der Waals surface area contributed by atoms with Gasteiger partial charge in [0, 0.05) is 17.0 Å². The molecule has 1 aromatic carbocycles. The van der Waals surface area contributed by atoms with Gasteiger partial charge in [0.05, 0.1) is 10.9 Å². The first-order valence-electron chi connectivity index (χ1n) is 7.68. The molecular weight excluding hydrogens is 318 g/mol. The Labute approximate surface area is 138 Å². The first-order chi connectivity index (χ1) is 11.0. The number of hydrogen-bond acceptors (Lipinski definition) is 3. The van der Waals surface area contributed by atoms with Crippen LogP contribution in [0.4, 0.5) is 0 Å². The predicted octanol–water partition coefficient (Wildman–Crippen LogP) is 3.77. The number of carboxylic acid groups (broad SMARTS) is 1. The lowest BCUT2D eigenvalue weighted by atomic mass is 9.86. The van der Waals surface area contributed by atoms with Gasteiger partial charge >= 0.3 is 5.97 Å². The minimum Gasteiger partial charge on any atom is -0.481 e. The number of hydrogen-bond donors (Lipinski definition) is 2. The van der Waals surface area contributed by atoms with Crippen LogP contribution in [0.1, 0.15) is 41.8 Å². The molecule has 23 heavy (non-hydrogen) atoms. The van der Waals surface area contributed by atoms with Crippen molar-refractivity contribution in [3.63, 3.8) is 0 Å². The van der Waals surface area contributed by atoms with Crippen LogP contribution in [0.3, 0.4) is 0 Å². The van der Waals surface area contributed by atoms with Gasteiger partial charge < -0.3 is 14.8 Å². The average molecular weight is 336 g/mol. The average Bonchev–Trinajstić information content (AvgIpc) is 2.87. The fourth-order valence-electron chi connectivity index (χ4n) is 3.16. The first-order valence-corrected chi connectivity index (χ1v) is 8.06. The number of nitrogens with one attached hydrogen (secondary N) is 1. The number of aliphatic carboxylic acids is 1. The van der Waals surface area contributed by atoms with E-state index in [0.717, 1.165) is 10.9 Å². The molecular formula is C17H18ClNO4. The molecule has 0 aliphatic heterocycles. The van der Waals surface area contributed by atoms with Crippen LogP contribution < -0.4 is 5.32 Å². The Hall–Kier alpha value is -2.01. The summed E-state index contributed by atoms with van der Waals surface area (Å²) in [5.74, 6) is -1.05. The number of aryl methyl sites for hydroxylation is 1. The molecule has 1 amide bonds. The van der Waals surface area contributed by atoms with Gasteiger partial charge in [-0.2, -0.15) is 0 Å². The fraction of sp³-hybridized carbons (Fsp3) is 0.412. The summed E-state index contributed by atoms with van der Waals surface area (Å²) >= 11 is 6.10. The third kappa shape index (κ3) is 3.06. The van der Waals surface area contributed by atoms with E-state index in [4.69, 9.17) is 21.1 Å². The van der Waals surface area contributed by atoms with Gasteiger partial charge in [0.2, 0.25) is 0 Å². The highest BCUT2D eigenvalue weighted by atomic mass is 35.5. The second kappa shape index (κ2) is 6.24. The van der Waals surface area contributed by atoms with E-state index in [1.807, 2.05) is 19.1 Å². The van der Waals surface area contributed by atoms with E-state index in [9.17, 15) is 9.59 Å². The van der Waals surface area contributed by atoms with Gasteiger partial charge in [-0.05, 0) is 38.7 Å². The zero-order valence-electron chi connectivity index (χ0n) is 12.8. The fourth-order valence-corrected chi connectivity index (χ4v) is 3.37. The normalized spacial score (nSPS) is 21.3. The maximum absolute atomic E-state index is 12.5. The maximum Gasteiger partial charge on any atom is 0.306 e. The van der Waals surface area contributed by atoms with Crippen LogP contribution in [0.5, 0.6) is 0 Å². The van der Waals surface area contributed by atoms with Crippen LogP contribution in [0, 0.1) is 12.8 Å². The number of carbonyl (C=O) groups excluding carboxylic acids is 1. The number of rotatable bonds is 3. The zero-order chi connectivity index (χ0) is 16.6. The van der Waals surface area contributed by atoms with Crippen molar-refractivity contribution < 1.29 is 19.1 Å². The molecule has 3 rings (SSSR count). The summed E-state index contributed by atoms with van der Waals surface area (Å²) in [4.78, 5) is 23.4. The van der Waals surface area contributed by atoms with Crippen molar-refractivity contribution >= 4 is 34.4 Å². The van der Waals surface area contributed by atoms with Crippen LogP contribution in [0.25, 0.3) is 11.0 Å². The Bertz CT molecular complexity index is 759. The Balaban J connectivity index is 1.73. The Kier molecular flexibility index (Phi) is 4.31. The molecule has 1 saturated carbocycles. The van der Waals surface area contributed by atoms with Crippen LogP contribution in [0.15, 0.2) is 22.6 Å². The van der Waals surface area contributed by atoms with Gasteiger partial charge in [0.15, 0.2) is 11.3 Å². The van der Waals surface area contributed by atoms with Gasteiger partial charge in [-0.1, -0.05) is 23.7 Å². The van der Waals surface area contributed by atoms with Crippen LogP contribution in [-0.2, 0) is 4.79 Å². The topological polar surface area (TPSA) is 79.5 Å². The van der Waals surface area contributed by atoms with Crippen LogP contribution in [0.2, 0.25) is 5.02 Å². The molecule has 1 heterocycles. The molecule has 5 nitrogen and oxygen atoms in total. The lowest BCUT2D eigenvalue weighted by molar-refractivity contribution is -0.142. The van der Waals surface area contributed by atoms with Gasteiger partial charge in [0.1, 0.15) is 0 Å². The highest BCUT2D eigenvalue weighted by molar-refractivity contribution is 6.35. The van der Waals surface area contributed by atoms with Gasteiger partial charge in [-0.25, -0.2) is 0 Å². The van der Waals surface area contributed by atoms with Crippen molar-refractivity contribution in [1.29, 1.82) is 0 Å². The summed E-state index contributed by atoms with van der Waals surface area (Å²) in [5.41, 5.74) is 1.28. The molecule has 2 aromatic rings. The molecule has 0 spiro atoms. The van der Waals surface area contributed by atoms with Crippen molar-refractivity contribution in [2.24, 2.45) is 5.92 Å². The SMILES string of the molecule is Cc1c(C(=O)NC2CCC(C(=O)O)CC2)oc2c(Cl)cccc12. The van der Waals surface area contributed by atoms with Gasteiger partial charge in [0.25, 0.3) is 5.91 Å². The monoisotopic (exact) mass is 335 g/mol. The molecule has 1 aliphatic rings. The number of carbonyl (C=O) groups is 2. The number of para-hydroxylation sites is 1. The van der Waals surface area contributed by atoms with Crippen LogP contribution >= 0.6 is 11.6 Å². The lowest BCUT2D eigenvalue weighted by Gasteiger charge is -2.26. The zero-order valence-corrected chi connectivity index (χ0v) is 13.5. The molecule has 2 N–H and O–H groups in total. The molecule has 1 fully saturated rings. The molecule has 0 unspecified atom stereocenters. The molecule has 0 bridgehead atoms. The van der Waals surface area contributed by atoms with Crippen molar-refractivity contribution in [2.75, 3.05) is 0 Å². The molecule has 1 aromatic heterocycles. The van der Waals surface area contributed by atoms with E-state index in [-0.39, 0.29) is 23.6 Å². The van der Waals surface area contributed by atoms with Crippen molar-refractivity contribution in [1.82, 2.24) is 5.32 Å². The number of halogens is 1. The molecule has 0 atom stereocenters. The van der Waals surface area contributed by atoms with Crippen molar-refractivity contribution in [3.05, 3.63) is 34.5 Å². The standard InChI is InChI=1S/C17H18ClNO4/c1-9-12-3-2-4-13(18)15(12)23-14(9)16(20)19-11-7-5-10(6-8-11)17(21)22/h2-4,10-11H,5-8H2,1H3,(H,19,20)(H,21,22). The third-order valence-electron chi connectivity index (χ3n) is 4.53. The van der Waals surface area contributed by atoms with Gasteiger partial charge in [-0.3, -0.25) is 9.59 Å². The minimum atomic E-state index is -0.752. The minimum absolute atomic E-state index is 0.0128. The molecule has 0 radical (unpaired) electrons. The summed E-state index contributed by atoms with van der Waals surface area (Å²) in [6, 6.07) is 5.40. The van der Waals surface area contributed by atoms with E-state index >= 15 is 0 Å². The van der Waals surface area contributed by atoms with E-state index in [2.05, 4.69) is 5.32 Å². The molecule has 6 heteroatoms. The highest BCUT2D eigenvalue weighted by Crippen LogP contribution is 2.31. The highest BCUT2D eigenvalue weighted by Gasteiger charge is 2.28. The second-order valence-corrected chi connectivity index (χ2v) is 6.44. The van der Waals surface area contributed by atoms with Crippen molar-refractivity contribution in [2.45, 2.75) is 38.6 Å². The van der Waals surface area contributed by atoms with Crippen molar-refractivity contribution in [3.8, 4) is 0 Å². The van der Waals surface area contributed by atoms with Gasteiger partial charge in [-0.15, -0.1) is 0 Å². The number of fused-ring (bicyclic) bond motifs is 1. The number of benzene rings is 1. The Morgan fingerprint density at radius 1 is 1.26 bits per heavy atom. The Morgan fingerprint density at radius 3 is 2.57 bits per heavy atom. The summed E-state index contributed by atoms with van der Waals surface area (Å²) in [7, 11) is 0. The smallest absolute Gasteiger partial charge is 0.306 e. The molecule has 1 aliphatic carbocycles. The summed E-state index contributed by atoms with van der Waals surface area (Å²) in [6.07, 6.45) is 2.52. The Morgan fingerprint density at radius 2 is 1.96 bits per heavy atom. The largest absolute Gasteiger partial charge is 0.481 e. The molecule has 122 valence electrons. The summed E-state index contributed by atoms with van der Waals surface area (Å²) in [6.45, 7) is 1.83. The molecule has 0 saturated heterocycles. The number of amides is 1. The summed E-state index contributed by atoms with van der Waals surface area (Å²) < 4.78 is 5.65. The van der Waals surface area contributed by atoms with E-state index < -0.39 is 5.97 Å². The maximum atomic E-state index is 12.5. The van der Waals surface area contributed by atoms with Crippen LogP contribution in [-0.4, -0.2) is 23.0 Å². The number of carboxylic acids is 1. The quantitative estimate of drug-likeness (QED) is 0.894. The van der Waals surface area contributed by atoms with E-state index in [1.54, 1.807) is 6.07 Å². The summed E-state index contributed by atoms with van der Waals surface area (Å²) in [5, 5.41) is 13.3. The van der Waals surface area contributed by atoms with E-state index in [0.29, 0.717) is 36.3 Å². The third-order valence-corrected chi connectivity index (χ3v) is 4.83.